The van der Waals surface area contributed by atoms with Crippen LogP contribution in [0.3, 0.4) is 0 Å². The molecule has 1 N–H and O–H groups in total. The van der Waals surface area contributed by atoms with Crippen LogP contribution in [0.25, 0.3) is 10.1 Å². The van der Waals surface area contributed by atoms with Crippen molar-refractivity contribution in [2.45, 2.75) is 20.3 Å². The summed E-state index contributed by atoms with van der Waals surface area (Å²) in [4.78, 5) is 11.1. The number of carboxylic acid groups (broad SMARTS) is 1. The van der Waals surface area contributed by atoms with Gasteiger partial charge in [0.2, 0.25) is 0 Å². The van der Waals surface area contributed by atoms with Gasteiger partial charge in [-0.05, 0) is 58.6 Å². The van der Waals surface area contributed by atoms with E-state index in [1.807, 2.05) is 18.2 Å². The van der Waals surface area contributed by atoms with Gasteiger partial charge in [0.1, 0.15) is 0 Å². The molecule has 0 unspecified atom stereocenters. The van der Waals surface area contributed by atoms with Crippen molar-refractivity contribution in [1.82, 2.24) is 0 Å². The van der Waals surface area contributed by atoms with Crippen LogP contribution in [0.15, 0.2) is 28.1 Å². The smallest absolute Gasteiger partial charge is 0.309 e. The Morgan fingerprint density at radius 2 is 2.18 bits per heavy atom. The van der Waals surface area contributed by atoms with E-state index in [0.29, 0.717) is 6.42 Å². The molecule has 1 heterocycles. The standard InChI is InChI=1S/C13H13BrO2S/c1-13(2,12(15)16)6-8-7-17-11-9(8)4-3-5-10(11)14/h3-5,7H,6H2,1-2H3,(H,15,16). The molecule has 0 bridgehead atoms. The van der Waals surface area contributed by atoms with Crippen molar-refractivity contribution in [3.8, 4) is 0 Å². The van der Waals surface area contributed by atoms with E-state index in [0.717, 1.165) is 15.4 Å². The second-order valence-electron chi connectivity index (χ2n) is 4.74. The molecule has 0 aliphatic carbocycles. The molecule has 0 spiro atoms. The summed E-state index contributed by atoms with van der Waals surface area (Å²) in [6, 6.07) is 6.03. The third kappa shape index (κ3) is 2.38. The Balaban J connectivity index is 2.44. The molecule has 0 saturated heterocycles. The van der Waals surface area contributed by atoms with Crippen molar-refractivity contribution < 1.29 is 9.90 Å². The lowest BCUT2D eigenvalue weighted by Gasteiger charge is -2.18. The van der Waals surface area contributed by atoms with E-state index >= 15 is 0 Å². The molecular weight excluding hydrogens is 300 g/mol. The van der Waals surface area contributed by atoms with Crippen LogP contribution in [0.1, 0.15) is 19.4 Å². The zero-order valence-electron chi connectivity index (χ0n) is 9.66. The van der Waals surface area contributed by atoms with E-state index in [4.69, 9.17) is 5.11 Å². The van der Waals surface area contributed by atoms with Gasteiger partial charge < -0.3 is 5.11 Å². The number of benzene rings is 1. The summed E-state index contributed by atoms with van der Waals surface area (Å²) in [5.41, 5.74) is 0.384. The Morgan fingerprint density at radius 1 is 1.47 bits per heavy atom. The number of carboxylic acids is 1. The van der Waals surface area contributed by atoms with Crippen LogP contribution in [0.4, 0.5) is 0 Å². The minimum Gasteiger partial charge on any atom is -0.481 e. The van der Waals surface area contributed by atoms with Crippen molar-refractivity contribution in [2.24, 2.45) is 5.41 Å². The SMILES string of the molecule is CC(C)(Cc1csc2c(Br)cccc12)C(=O)O. The second kappa shape index (κ2) is 4.42. The third-order valence-corrected chi connectivity index (χ3v) is 4.84. The summed E-state index contributed by atoms with van der Waals surface area (Å²) in [6.45, 7) is 3.52. The van der Waals surface area contributed by atoms with Gasteiger partial charge in [0.15, 0.2) is 0 Å². The van der Waals surface area contributed by atoms with Crippen molar-refractivity contribution in [3.63, 3.8) is 0 Å². The van der Waals surface area contributed by atoms with Gasteiger partial charge in [-0.25, -0.2) is 0 Å². The first kappa shape index (κ1) is 12.6. The van der Waals surface area contributed by atoms with Crippen LogP contribution >= 0.6 is 27.3 Å². The first-order chi connectivity index (χ1) is 7.92. The predicted octanol–water partition coefficient (Wildman–Crippen LogP) is 4.32. The van der Waals surface area contributed by atoms with Gasteiger partial charge in [0.25, 0.3) is 0 Å². The Bertz CT molecular complexity index is 572. The molecule has 2 rings (SSSR count). The van der Waals surface area contributed by atoms with Gasteiger partial charge >= 0.3 is 5.97 Å². The zero-order valence-corrected chi connectivity index (χ0v) is 12.1. The molecule has 4 heteroatoms. The quantitative estimate of drug-likeness (QED) is 0.916. The molecular formula is C13H13BrO2S. The number of fused-ring (bicyclic) bond motifs is 1. The highest BCUT2D eigenvalue weighted by Gasteiger charge is 2.28. The third-order valence-electron chi connectivity index (χ3n) is 2.84. The second-order valence-corrected chi connectivity index (χ2v) is 6.48. The maximum atomic E-state index is 11.1. The normalized spacial score (nSPS) is 11.9. The molecule has 0 aliphatic rings. The monoisotopic (exact) mass is 312 g/mol. The number of thiophene rings is 1. The maximum absolute atomic E-state index is 11.1. The minimum absolute atomic E-state index is 0.554. The molecule has 2 nitrogen and oxygen atoms in total. The molecule has 1 aromatic heterocycles. The lowest BCUT2D eigenvalue weighted by atomic mass is 9.86. The van der Waals surface area contributed by atoms with Gasteiger partial charge in [-0.2, -0.15) is 0 Å². The van der Waals surface area contributed by atoms with Crippen LogP contribution in [0.2, 0.25) is 0 Å². The van der Waals surface area contributed by atoms with Crippen LogP contribution < -0.4 is 0 Å². The fourth-order valence-corrected chi connectivity index (χ4v) is 3.39. The average Bonchev–Trinajstić information content (AvgIpc) is 2.62. The van der Waals surface area contributed by atoms with E-state index in [2.05, 4.69) is 21.3 Å². The first-order valence-corrected chi connectivity index (χ1v) is 6.97. The highest BCUT2D eigenvalue weighted by atomic mass is 79.9. The Hall–Kier alpha value is -0.870. The molecule has 2 aromatic rings. The molecule has 0 radical (unpaired) electrons. The number of hydrogen-bond acceptors (Lipinski definition) is 2. The summed E-state index contributed by atoms with van der Waals surface area (Å²) in [6.07, 6.45) is 0.554. The van der Waals surface area contributed by atoms with Gasteiger partial charge in [0.05, 0.1) is 5.41 Å². The van der Waals surface area contributed by atoms with Crippen LogP contribution in [0.5, 0.6) is 0 Å². The molecule has 0 atom stereocenters. The molecule has 0 amide bonds. The van der Waals surface area contributed by atoms with Crippen molar-refractivity contribution in [1.29, 1.82) is 0 Å². The van der Waals surface area contributed by atoms with Crippen molar-refractivity contribution >= 4 is 43.3 Å². The fraction of sp³-hybridized carbons (Fsp3) is 0.308. The molecule has 0 aliphatic heterocycles. The van der Waals surface area contributed by atoms with Gasteiger partial charge in [0, 0.05) is 9.17 Å². The number of rotatable bonds is 3. The van der Waals surface area contributed by atoms with Crippen molar-refractivity contribution in [2.75, 3.05) is 0 Å². The minimum atomic E-state index is -0.758. The summed E-state index contributed by atoms with van der Waals surface area (Å²) < 4.78 is 2.25. The topological polar surface area (TPSA) is 37.3 Å². The number of aliphatic carboxylic acids is 1. The molecule has 0 saturated carbocycles. The van der Waals surface area contributed by atoms with E-state index < -0.39 is 11.4 Å². The zero-order chi connectivity index (χ0) is 12.6. The Labute approximate surface area is 112 Å². The average molecular weight is 313 g/mol. The molecule has 0 fully saturated rings. The van der Waals surface area contributed by atoms with Gasteiger partial charge in [-0.15, -0.1) is 11.3 Å². The fourth-order valence-electron chi connectivity index (χ4n) is 1.76. The highest BCUT2D eigenvalue weighted by Crippen LogP contribution is 2.35. The number of halogens is 1. The summed E-state index contributed by atoms with van der Waals surface area (Å²) in [5, 5.41) is 12.4. The van der Waals surface area contributed by atoms with Gasteiger partial charge in [-0.3, -0.25) is 4.79 Å². The van der Waals surface area contributed by atoms with E-state index in [9.17, 15) is 4.79 Å². The van der Waals surface area contributed by atoms with Crippen LogP contribution in [-0.4, -0.2) is 11.1 Å². The Morgan fingerprint density at radius 3 is 2.82 bits per heavy atom. The lowest BCUT2D eigenvalue weighted by Crippen LogP contribution is -2.25. The van der Waals surface area contributed by atoms with Crippen LogP contribution in [-0.2, 0) is 11.2 Å². The molecule has 17 heavy (non-hydrogen) atoms. The Kier molecular flexibility index (Phi) is 3.27. The van der Waals surface area contributed by atoms with E-state index in [-0.39, 0.29) is 0 Å². The summed E-state index contributed by atoms with van der Waals surface area (Å²) in [7, 11) is 0. The van der Waals surface area contributed by atoms with Crippen LogP contribution in [0, 0.1) is 5.41 Å². The highest BCUT2D eigenvalue weighted by molar-refractivity contribution is 9.10. The van der Waals surface area contributed by atoms with E-state index in [1.54, 1.807) is 25.2 Å². The van der Waals surface area contributed by atoms with Crippen molar-refractivity contribution in [3.05, 3.63) is 33.6 Å². The van der Waals surface area contributed by atoms with E-state index in [1.165, 1.54) is 4.70 Å². The van der Waals surface area contributed by atoms with Gasteiger partial charge in [-0.1, -0.05) is 12.1 Å². The number of carbonyl (C=O) groups is 1. The summed E-state index contributed by atoms with van der Waals surface area (Å²) in [5.74, 6) is -0.758. The first-order valence-electron chi connectivity index (χ1n) is 5.30. The predicted molar refractivity (Wildman–Crippen MR) is 74.6 cm³/mol. The summed E-state index contributed by atoms with van der Waals surface area (Å²) >= 11 is 5.17. The molecule has 1 aromatic carbocycles. The lowest BCUT2D eigenvalue weighted by molar-refractivity contribution is -0.146. The number of hydrogen-bond donors (Lipinski definition) is 1. The largest absolute Gasteiger partial charge is 0.481 e. The maximum Gasteiger partial charge on any atom is 0.309 e. The molecule has 90 valence electrons.